The van der Waals surface area contributed by atoms with Crippen molar-refractivity contribution in [3.05, 3.63) is 0 Å². The molecule has 1 unspecified atom stereocenters. The summed E-state index contributed by atoms with van der Waals surface area (Å²) in [5.41, 5.74) is 0. The summed E-state index contributed by atoms with van der Waals surface area (Å²) in [7, 11) is 1.43. The molecule has 1 aliphatic rings. The largest absolute Gasteiger partial charge is 0.500 e. The number of amides is 1. The van der Waals surface area contributed by atoms with Gasteiger partial charge >= 0.3 is 8.80 Å². The van der Waals surface area contributed by atoms with E-state index in [-0.39, 0.29) is 5.91 Å². The molecule has 0 aromatic carbocycles. The van der Waals surface area contributed by atoms with Crippen LogP contribution in [-0.2, 0) is 18.1 Å². The van der Waals surface area contributed by atoms with E-state index in [1.54, 1.807) is 0 Å². The number of hydrogen-bond acceptors (Lipinski definition) is 6. The summed E-state index contributed by atoms with van der Waals surface area (Å²) in [6, 6.07) is 0.749. The lowest BCUT2D eigenvalue weighted by Gasteiger charge is -2.28. The van der Waals surface area contributed by atoms with Crippen LogP contribution in [0.2, 0.25) is 6.04 Å². The molecule has 1 rings (SSSR count). The molecule has 1 aliphatic heterocycles. The van der Waals surface area contributed by atoms with Crippen LogP contribution in [-0.4, -0.2) is 52.1 Å². The Morgan fingerprint density at radius 2 is 1.76 bits per heavy atom. The average Bonchev–Trinajstić information content (AvgIpc) is 3.10. The molecule has 0 aromatic rings. The molecule has 0 bridgehead atoms. The Morgan fingerprint density at radius 1 is 1.08 bits per heavy atom. The van der Waals surface area contributed by atoms with Gasteiger partial charge in [0, 0.05) is 49.8 Å². The van der Waals surface area contributed by atoms with Gasteiger partial charge in [0.25, 0.3) is 0 Å². The molecule has 0 saturated carbocycles. The fourth-order valence-corrected chi connectivity index (χ4v) is 8.48. The second-order valence-electron chi connectivity index (χ2n) is 6.01. The molecule has 1 fully saturated rings. The van der Waals surface area contributed by atoms with Gasteiger partial charge in [-0.3, -0.25) is 4.79 Å². The van der Waals surface area contributed by atoms with Gasteiger partial charge in [0.05, 0.1) is 0 Å². The first-order chi connectivity index (χ1) is 12.2. The van der Waals surface area contributed by atoms with Gasteiger partial charge in [0.2, 0.25) is 5.91 Å². The maximum absolute atomic E-state index is 11.9. The van der Waals surface area contributed by atoms with Crippen LogP contribution < -0.4 is 5.32 Å². The summed E-state index contributed by atoms with van der Waals surface area (Å²) in [5.74, 6) is 1.44. The van der Waals surface area contributed by atoms with E-state index in [4.69, 9.17) is 13.3 Å². The molecule has 0 radical (unpaired) electrons. The topological polar surface area (TPSA) is 56.8 Å². The smallest absolute Gasteiger partial charge is 0.374 e. The Labute approximate surface area is 162 Å². The molecule has 5 nitrogen and oxygen atoms in total. The molecule has 1 saturated heterocycles. The summed E-state index contributed by atoms with van der Waals surface area (Å²) in [6.07, 6.45) is 6.18. The van der Waals surface area contributed by atoms with Crippen LogP contribution >= 0.6 is 21.6 Å². The Bertz CT molecular complexity index is 341. The van der Waals surface area contributed by atoms with Crippen LogP contribution in [0.25, 0.3) is 0 Å². The maximum atomic E-state index is 11.9. The number of carbonyl (C=O) groups is 1. The highest BCUT2D eigenvalue weighted by atomic mass is 33.1. The predicted octanol–water partition coefficient (Wildman–Crippen LogP) is 4.26. The minimum atomic E-state index is -2.57. The molecule has 8 heteroatoms. The fourth-order valence-electron chi connectivity index (χ4n) is 2.84. The van der Waals surface area contributed by atoms with Crippen LogP contribution in [0.1, 0.15) is 59.3 Å². The van der Waals surface area contributed by atoms with Gasteiger partial charge in [0.1, 0.15) is 0 Å². The van der Waals surface area contributed by atoms with Crippen LogP contribution in [0, 0.1) is 0 Å². The molecule has 0 aliphatic carbocycles. The van der Waals surface area contributed by atoms with Crippen molar-refractivity contribution < 1.29 is 18.1 Å². The number of nitrogens with one attached hydrogen (secondary N) is 1. The summed E-state index contributed by atoms with van der Waals surface area (Å²) in [6.45, 7) is 8.33. The zero-order chi connectivity index (χ0) is 18.4. The molecular weight excluding hydrogens is 374 g/mol. The van der Waals surface area contributed by atoms with Crippen molar-refractivity contribution in [1.29, 1.82) is 0 Å². The summed E-state index contributed by atoms with van der Waals surface area (Å²) in [4.78, 5) is 11.9. The molecule has 25 heavy (non-hydrogen) atoms. The lowest BCUT2D eigenvalue weighted by Crippen LogP contribution is -2.46. The van der Waals surface area contributed by atoms with Crippen molar-refractivity contribution in [2.24, 2.45) is 0 Å². The Balaban J connectivity index is 2.13. The minimum absolute atomic E-state index is 0.157. The van der Waals surface area contributed by atoms with E-state index in [2.05, 4.69) is 5.32 Å². The molecular formula is C17H35NO4S2Si. The van der Waals surface area contributed by atoms with E-state index in [1.807, 2.05) is 42.4 Å². The van der Waals surface area contributed by atoms with E-state index >= 15 is 0 Å². The highest BCUT2D eigenvalue weighted by molar-refractivity contribution is 8.77. The summed E-state index contributed by atoms with van der Waals surface area (Å²) < 4.78 is 17.5. The second kappa shape index (κ2) is 14.3. The second-order valence-corrected chi connectivity index (χ2v) is 11.5. The maximum Gasteiger partial charge on any atom is 0.500 e. The Morgan fingerprint density at radius 3 is 2.32 bits per heavy atom. The molecule has 1 N–H and O–H groups in total. The normalized spacial score (nSPS) is 17.8. The number of hydrogen-bond donors (Lipinski definition) is 1. The molecule has 0 spiro atoms. The third-order valence-electron chi connectivity index (χ3n) is 3.98. The van der Waals surface area contributed by atoms with E-state index < -0.39 is 8.80 Å². The van der Waals surface area contributed by atoms with Gasteiger partial charge < -0.3 is 18.6 Å². The van der Waals surface area contributed by atoms with E-state index in [0.717, 1.165) is 30.6 Å². The van der Waals surface area contributed by atoms with Crippen molar-refractivity contribution in [2.75, 3.05) is 32.1 Å². The van der Waals surface area contributed by atoms with E-state index in [9.17, 15) is 4.79 Å². The monoisotopic (exact) mass is 409 g/mol. The van der Waals surface area contributed by atoms with Crippen molar-refractivity contribution in [3.8, 4) is 0 Å². The third kappa shape index (κ3) is 10.2. The molecule has 0 aromatic heterocycles. The first-order valence-electron chi connectivity index (χ1n) is 9.62. The minimum Gasteiger partial charge on any atom is -0.374 e. The zero-order valence-corrected chi connectivity index (χ0v) is 18.6. The first kappa shape index (κ1) is 23.3. The number of unbranched alkanes of at least 4 members (excludes halogenated alkanes) is 1. The Hall–Kier alpha value is 0.267. The molecule has 148 valence electrons. The lowest BCUT2D eigenvalue weighted by molar-refractivity contribution is -0.121. The highest BCUT2D eigenvalue weighted by Crippen LogP contribution is 2.39. The van der Waals surface area contributed by atoms with Crippen LogP contribution in [0.4, 0.5) is 0 Å². The Kier molecular flexibility index (Phi) is 13.4. The van der Waals surface area contributed by atoms with Crippen LogP contribution in [0.15, 0.2) is 0 Å². The zero-order valence-electron chi connectivity index (χ0n) is 16.0. The van der Waals surface area contributed by atoms with Gasteiger partial charge in [-0.2, -0.15) is 0 Å². The first-order valence-corrected chi connectivity index (χ1v) is 13.9. The van der Waals surface area contributed by atoms with Crippen LogP contribution in [0.3, 0.4) is 0 Å². The van der Waals surface area contributed by atoms with Gasteiger partial charge in [-0.15, -0.1) is 0 Å². The standard InChI is InChI=1S/C17H35NO4S2Si/c1-4-20-25(21-5-2,22-6-3)15-9-13-18-17(19)11-8-7-10-16-12-14-23-24-16/h16H,4-15H2,1-3H3,(H,18,19). The van der Waals surface area contributed by atoms with E-state index in [1.165, 1.54) is 18.6 Å². The van der Waals surface area contributed by atoms with Crippen molar-refractivity contribution in [2.45, 2.75) is 70.6 Å². The number of carbonyl (C=O) groups excluding carboxylic acids is 1. The van der Waals surface area contributed by atoms with Crippen LogP contribution in [0.5, 0.6) is 0 Å². The quantitative estimate of drug-likeness (QED) is 0.248. The van der Waals surface area contributed by atoms with Gasteiger partial charge in [-0.05, 0) is 46.5 Å². The van der Waals surface area contributed by atoms with Gasteiger partial charge in [-0.25, -0.2) is 0 Å². The van der Waals surface area contributed by atoms with Crippen molar-refractivity contribution >= 4 is 36.3 Å². The SMILES string of the molecule is CCO[Si](CCCNC(=O)CCCCC1CCSS1)(OCC)OCC. The average molecular weight is 410 g/mol. The number of rotatable bonds is 15. The van der Waals surface area contributed by atoms with Gasteiger partial charge in [-0.1, -0.05) is 28.0 Å². The lowest BCUT2D eigenvalue weighted by atomic mass is 10.1. The highest BCUT2D eigenvalue weighted by Gasteiger charge is 2.39. The fraction of sp³-hybridized carbons (Fsp3) is 0.941. The molecule has 1 heterocycles. The predicted molar refractivity (Wildman–Crippen MR) is 110 cm³/mol. The summed E-state index contributed by atoms with van der Waals surface area (Å²) >= 11 is 0. The molecule has 1 atom stereocenters. The van der Waals surface area contributed by atoms with Crippen molar-refractivity contribution in [1.82, 2.24) is 5.32 Å². The molecule has 1 amide bonds. The summed E-state index contributed by atoms with van der Waals surface area (Å²) in [5, 5.41) is 3.82. The van der Waals surface area contributed by atoms with Crippen molar-refractivity contribution in [3.63, 3.8) is 0 Å². The third-order valence-corrected chi connectivity index (χ3v) is 10.1. The van der Waals surface area contributed by atoms with E-state index in [0.29, 0.717) is 32.8 Å². The van der Waals surface area contributed by atoms with Gasteiger partial charge in [0.15, 0.2) is 0 Å².